The molecule has 0 aromatic heterocycles. The van der Waals surface area contributed by atoms with Gasteiger partial charge >= 0.3 is 0 Å². The summed E-state index contributed by atoms with van der Waals surface area (Å²) in [6, 6.07) is 5.99. The molecule has 1 amide bonds. The first-order valence-electron chi connectivity index (χ1n) is 9.66. The standard InChI is InChI=1S/C22H27N3O2/c1-16(26)24-20-6-7-21-18(14-20)8-9-22(27-21)10-12-25(13-11-22)15-17-2-4-19(23)5-3-17/h2-4,6-9,14,19H,5,10-13,15,23H2,1H3,(H,24,26). The zero-order valence-corrected chi connectivity index (χ0v) is 15.8. The highest BCUT2D eigenvalue weighted by atomic mass is 16.5. The molecule has 1 aromatic carbocycles. The summed E-state index contributed by atoms with van der Waals surface area (Å²) in [5, 5.41) is 2.82. The highest BCUT2D eigenvalue weighted by molar-refractivity contribution is 5.89. The van der Waals surface area contributed by atoms with Crippen molar-refractivity contribution in [2.24, 2.45) is 5.73 Å². The van der Waals surface area contributed by atoms with Crippen LogP contribution in [0.4, 0.5) is 5.69 Å². The maximum absolute atomic E-state index is 11.2. The lowest BCUT2D eigenvalue weighted by molar-refractivity contribution is -0.114. The van der Waals surface area contributed by atoms with Crippen molar-refractivity contribution >= 4 is 17.7 Å². The van der Waals surface area contributed by atoms with E-state index >= 15 is 0 Å². The second-order valence-corrected chi connectivity index (χ2v) is 7.75. The SMILES string of the molecule is CC(=O)Nc1ccc2c(c1)C=CC1(CCN(CC3=CCC(N)C=C3)CC1)O2. The Kier molecular flexibility index (Phi) is 4.89. The van der Waals surface area contributed by atoms with Gasteiger partial charge in [-0.1, -0.05) is 24.3 Å². The average Bonchev–Trinajstić information content (AvgIpc) is 2.65. The number of hydrogen-bond donors (Lipinski definition) is 2. The molecule has 5 nitrogen and oxygen atoms in total. The van der Waals surface area contributed by atoms with Crippen LogP contribution in [0.25, 0.3) is 6.08 Å². The number of fused-ring (bicyclic) bond motifs is 1. The molecule has 2 aliphatic heterocycles. The predicted octanol–water partition coefficient (Wildman–Crippen LogP) is 3.10. The van der Waals surface area contributed by atoms with E-state index in [9.17, 15) is 4.79 Å². The van der Waals surface area contributed by atoms with Crippen molar-refractivity contribution in [2.45, 2.75) is 37.8 Å². The van der Waals surface area contributed by atoms with E-state index < -0.39 is 0 Å². The van der Waals surface area contributed by atoms with Gasteiger partial charge in [0.25, 0.3) is 0 Å². The Balaban J connectivity index is 1.37. The van der Waals surface area contributed by atoms with Gasteiger partial charge in [-0.2, -0.15) is 0 Å². The van der Waals surface area contributed by atoms with Crippen molar-refractivity contribution in [3.05, 3.63) is 53.6 Å². The number of benzene rings is 1. The smallest absolute Gasteiger partial charge is 0.221 e. The minimum Gasteiger partial charge on any atom is -0.482 e. The second-order valence-electron chi connectivity index (χ2n) is 7.75. The summed E-state index contributed by atoms with van der Waals surface area (Å²) in [5.41, 5.74) is 8.88. The fourth-order valence-corrected chi connectivity index (χ4v) is 3.96. The molecule has 0 saturated carbocycles. The summed E-state index contributed by atoms with van der Waals surface area (Å²) in [5.74, 6) is 0.830. The summed E-state index contributed by atoms with van der Waals surface area (Å²) in [6.07, 6.45) is 13.7. The largest absolute Gasteiger partial charge is 0.482 e. The van der Waals surface area contributed by atoms with E-state index in [-0.39, 0.29) is 17.6 Å². The Morgan fingerprint density at radius 2 is 2.15 bits per heavy atom. The van der Waals surface area contributed by atoms with Crippen LogP contribution in [0.1, 0.15) is 31.7 Å². The van der Waals surface area contributed by atoms with Crippen molar-refractivity contribution in [2.75, 3.05) is 25.0 Å². The zero-order valence-electron chi connectivity index (χ0n) is 15.8. The number of nitrogens with zero attached hydrogens (tertiary/aromatic N) is 1. The van der Waals surface area contributed by atoms with E-state index in [0.717, 1.165) is 55.9 Å². The Labute approximate surface area is 160 Å². The lowest BCUT2D eigenvalue weighted by Crippen LogP contribution is -2.48. The number of carbonyl (C=O) groups excluding carboxylic acids is 1. The van der Waals surface area contributed by atoms with Crippen LogP contribution in [0, 0.1) is 0 Å². The fourth-order valence-electron chi connectivity index (χ4n) is 3.96. The minimum atomic E-state index is -0.210. The van der Waals surface area contributed by atoms with Gasteiger partial charge in [-0.3, -0.25) is 9.69 Å². The summed E-state index contributed by atoms with van der Waals surface area (Å²) in [7, 11) is 0. The van der Waals surface area contributed by atoms with Crippen LogP contribution in [-0.2, 0) is 4.79 Å². The first-order valence-corrected chi connectivity index (χ1v) is 9.66. The van der Waals surface area contributed by atoms with Crippen LogP contribution in [0.2, 0.25) is 0 Å². The molecule has 1 aliphatic carbocycles. The van der Waals surface area contributed by atoms with E-state index in [1.165, 1.54) is 12.5 Å². The van der Waals surface area contributed by atoms with E-state index in [2.05, 4.69) is 40.6 Å². The first kappa shape index (κ1) is 18.0. The molecule has 0 bridgehead atoms. The molecular formula is C22H27N3O2. The average molecular weight is 365 g/mol. The van der Waals surface area contributed by atoms with Crippen LogP contribution in [-0.4, -0.2) is 42.1 Å². The first-order chi connectivity index (χ1) is 13.0. The highest BCUT2D eigenvalue weighted by Crippen LogP contribution is 2.38. The van der Waals surface area contributed by atoms with Gasteiger partial charge in [0.1, 0.15) is 11.4 Å². The Morgan fingerprint density at radius 1 is 1.33 bits per heavy atom. The van der Waals surface area contributed by atoms with Crippen molar-refractivity contribution < 1.29 is 9.53 Å². The maximum Gasteiger partial charge on any atom is 0.221 e. The molecule has 0 radical (unpaired) electrons. The number of likely N-dealkylation sites (tertiary alicyclic amines) is 1. The Morgan fingerprint density at radius 3 is 2.85 bits per heavy atom. The minimum absolute atomic E-state index is 0.0654. The summed E-state index contributed by atoms with van der Waals surface area (Å²) in [6.45, 7) is 4.53. The van der Waals surface area contributed by atoms with Crippen LogP contribution in [0.5, 0.6) is 5.75 Å². The molecule has 1 aromatic rings. The van der Waals surface area contributed by atoms with E-state index in [4.69, 9.17) is 10.5 Å². The molecule has 3 aliphatic rings. The number of carbonyl (C=O) groups is 1. The van der Waals surface area contributed by atoms with Crippen molar-refractivity contribution in [1.82, 2.24) is 4.90 Å². The fraction of sp³-hybridized carbons (Fsp3) is 0.409. The van der Waals surface area contributed by atoms with Gasteiger partial charge in [-0.15, -0.1) is 0 Å². The van der Waals surface area contributed by atoms with Gasteiger partial charge in [0.05, 0.1) is 0 Å². The van der Waals surface area contributed by atoms with Gasteiger partial charge in [0.2, 0.25) is 5.91 Å². The number of anilines is 1. The summed E-state index contributed by atoms with van der Waals surface area (Å²) in [4.78, 5) is 13.7. The molecule has 1 spiro atoms. The number of amides is 1. The topological polar surface area (TPSA) is 67.6 Å². The van der Waals surface area contributed by atoms with E-state index in [1.54, 1.807) is 0 Å². The molecule has 1 saturated heterocycles. The molecule has 1 atom stereocenters. The molecule has 1 fully saturated rings. The summed E-state index contributed by atoms with van der Waals surface area (Å²) >= 11 is 0. The highest BCUT2D eigenvalue weighted by Gasteiger charge is 2.36. The number of nitrogens with one attached hydrogen (secondary N) is 1. The van der Waals surface area contributed by atoms with Crippen LogP contribution >= 0.6 is 0 Å². The number of nitrogens with two attached hydrogens (primary N) is 1. The Bertz CT molecular complexity index is 817. The monoisotopic (exact) mass is 365 g/mol. The number of hydrogen-bond acceptors (Lipinski definition) is 4. The number of ether oxygens (including phenoxy) is 1. The van der Waals surface area contributed by atoms with Crippen LogP contribution < -0.4 is 15.8 Å². The molecule has 142 valence electrons. The van der Waals surface area contributed by atoms with Gasteiger partial charge in [0, 0.05) is 56.7 Å². The third-order valence-electron chi connectivity index (χ3n) is 5.53. The lowest BCUT2D eigenvalue weighted by Gasteiger charge is -2.42. The molecular weight excluding hydrogens is 338 g/mol. The quantitative estimate of drug-likeness (QED) is 0.864. The predicted molar refractivity (Wildman–Crippen MR) is 109 cm³/mol. The molecule has 3 N–H and O–H groups in total. The van der Waals surface area contributed by atoms with Crippen molar-refractivity contribution in [3.63, 3.8) is 0 Å². The van der Waals surface area contributed by atoms with Gasteiger partial charge < -0.3 is 15.8 Å². The van der Waals surface area contributed by atoms with E-state index in [0.29, 0.717) is 0 Å². The normalized spacial score (nSPS) is 23.5. The third kappa shape index (κ3) is 4.15. The Hall–Kier alpha value is -2.37. The van der Waals surface area contributed by atoms with Gasteiger partial charge in [-0.25, -0.2) is 0 Å². The summed E-state index contributed by atoms with van der Waals surface area (Å²) < 4.78 is 6.40. The zero-order chi connectivity index (χ0) is 18.9. The number of piperidine rings is 1. The van der Waals surface area contributed by atoms with Crippen LogP contribution in [0.15, 0.2) is 48.1 Å². The van der Waals surface area contributed by atoms with Crippen molar-refractivity contribution in [1.29, 1.82) is 0 Å². The third-order valence-corrected chi connectivity index (χ3v) is 5.53. The molecule has 2 heterocycles. The number of rotatable bonds is 3. The van der Waals surface area contributed by atoms with Gasteiger partial charge in [0.15, 0.2) is 0 Å². The molecule has 5 heteroatoms. The van der Waals surface area contributed by atoms with Crippen molar-refractivity contribution in [3.8, 4) is 5.75 Å². The molecule has 27 heavy (non-hydrogen) atoms. The van der Waals surface area contributed by atoms with E-state index in [1.807, 2.05) is 18.2 Å². The van der Waals surface area contributed by atoms with Crippen LogP contribution in [0.3, 0.4) is 0 Å². The maximum atomic E-state index is 11.2. The lowest BCUT2D eigenvalue weighted by atomic mass is 9.87. The second kappa shape index (κ2) is 7.33. The molecule has 4 rings (SSSR count). The molecule has 1 unspecified atom stereocenters. The van der Waals surface area contributed by atoms with Gasteiger partial charge in [-0.05, 0) is 36.3 Å².